The molecule has 22 heavy (non-hydrogen) atoms. The number of hydrogen-bond donors (Lipinski definition) is 1. The summed E-state index contributed by atoms with van der Waals surface area (Å²) < 4.78 is 5.70. The second kappa shape index (κ2) is 7.01. The van der Waals surface area contributed by atoms with Crippen LogP contribution in [0.3, 0.4) is 0 Å². The van der Waals surface area contributed by atoms with Crippen LogP contribution in [0, 0.1) is 12.8 Å². The molecule has 1 heterocycles. The molecule has 0 saturated carbocycles. The lowest BCUT2D eigenvalue weighted by atomic mass is 9.96. The molecule has 1 aliphatic rings. The fourth-order valence-corrected chi connectivity index (χ4v) is 2.75. The molecule has 0 spiro atoms. The summed E-state index contributed by atoms with van der Waals surface area (Å²) in [5, 5.41) is 0.484. The zero-order valence-corrected chi connectivity index (χ0v) is 13.6. The van der Waals surface area contributed by atoms with Crippen molar-refractivity contribution in [3.05, 3.63) is 28.8 Å². The van der Waals surface area contributed by atoms with E-state index in [2.05, 4.69) is 0 Å². The second-order valence-electron chi connectivity index (χ2n) is 5.70. The third kappa shape index (κ3) is 3.91. The minimum atomic E-state index is -0.621. The van der Waals surface area contributed by atoms with Gasteiger partial charge in [0.05, 0.1) is 5.02 Å². The van der Waals surface area contributed by atoms with Crippen LogP contribution in [0.5, 0.6) is 5.75 Å². The first-order chi connectivity index (χ1) is 10.4. The Morgan fingerprint density at radius 1 is 1.36 bits per heavy atom. The Morgan fingerprint density at radius 2 is 2.00 bits per heavy atom. The highest BCUT2D eigenvalue weighted by Crippen LogP contribution is 2.27. The van der Waals surface area contributed by atoms with E-state index >= 15 is 0 Å². The number of nitrogens with two attached hydrogens (primary N) is 1. The summed E-state index contributed by atoms with van der Waals surface area (Å²) in [7, 11) is 0. The number of carbonyl (C=O) groups excluding carboxylic acids is 2. The van der Waals surface area contributed by atoms with Crippen molar-refractivity contribution in [3.8, 4) is 5.75 Å². The summed E-state index contributed by atoms with van der Waals surface area (Å²) >= 11 is 6.08. The van der Waals surface area contributed by atoms with Crippen LogP contribution in [0.25, 0.3) is 0 Å². The van der Waals surface area contributed by atoms with E-state index in [1.54, 1.807) is 17.9 Å². The van der Waals surface area contributed by atoms with Gasteiger partial charge in [0.15, 0.2) is 6.10 Å². The number of nitrogens with zero attached hydrogens (tertiary/aromatic N) is 1. The summed E-state index contributed by atoms with van der Waals surface area (Å²) in [6.45, 7) is 4.70. The van der Waals surface area contributed by atoms with Gasteiger partial charge >= 0.3 is 0 Å². The number of primary amides is 1. The monoisotopic (exact) mass is 324 g/mol. The van der Waals surface area contributed by atoms with Crippen molar-refractivity contribution in [3.63, 3.8) is 0 Å². The Morgan fingerprint density at radius 3 is 2.59 bits per heavy atom. The van der Waals surface area contributed by atoms with Crippen molar-refractivity contribution in [1.82, 2.24) is 4.90 Å². The van der Waals surface area contributed by atoms with Gasteiger partial charge in [-0.3, -0.25) is 9.59 Å². The van der Waals surface area contributed by atoms with Gasteiger partial charge in [-0.05, 0) is 44.4 Å². The Balaban J connectivity index is 1.95. The highest BCUT2D eigenvalue weighted by Gasteiger charge is 2.29. The highest BCUT2D eigenvalue weighted by molar-refractivity contribution is 6.32. The number of amides is 2. The topological polar surface area (TPSA) is 72.6 Å². The number of halogens is 1. The molecule has 0 radical (unpaired) electrons. The maximum absolute atomic E-state index is 12.4. The van der Waals surface area contributed by atoms with Gasteiger partial charge < -0.3 is 15.4 Å². The molecule has 0 aromatic heterocycles. The van der Waals surface area contributed by atoms with Crippen LogP contribution in [0.2, 0.25) is 5.02 Å². The van der Waals surface area contributed by atoms with E-state index < -0.39 is 6.10 Å². The number of rotatable bonds is 4. The molecule has 120 valence electrons. The van der Waals surface area contributed by atoms with Crippen molar-refractivity contribution in [1.29, 1.82) is 0 Å². The van der Waals surface area contributed by atoms with Crippen molar-refractivity contribution >= 4 is 23.4 Å². The van der Waals surface area contributed by atoms with E-state index in [-0.39, 0.29) is 17.7 Å². The average molecular weight is 325 g/mol. The van der Waals surface area contributed by atoms with Crippen LogP contribution >= 0.6 is 11.6 Å². The summed E-state index contributed by atoms with van der Waals surface area (Å²) in [6, 6.07) is 5.45. The van der Waals surface area contributed by atoms with Crippen molar-refractivity contribution < 1.29 is 14.3 Å². The standard InChI is InChI=1S/C16H21ClN2O3/c1-10-3-4-13(17)14(9-10)22-11(2)16(21)19-7-5-12(6-8-19)15(18)20/h3-4,9,11-12H,5-8H2,1-2H3,(H2,18,20). The van der Waals surface area contributed by atoms with E-state index in [1.165, 1.54) is 0 Å². The first-order valence-electron chi connectivity index (χ1n) is 7.39. The van der Waals surface area contributed by atoms with E-state index in [0.29, 0.717) is 36.7 Å². The normalized spacial score (nSPS) is 17.1. The highest BCUT2D eigenvalue weighted by atomic mass is 35.5. The van der Waals surface area contributed by atoms with Crippen molar-refractivity contribution in [2.24, 2.45) is 11.7 Å². The van der Waals surface area contributed by atoms with Crippen LogP contribution in [0.4, 0.5) is 0 Å². The maximum atomic E-state index is 12.4. The predicted molar refractivity (Wildman–Crippen MR) is 84.8 cm³/mol. The van der Waals surface area contributed by atoms with Gasteiger partial charge in [0.25, 0.3) is 5.91 Å². The predicted octanol–water partition coefficient (Wildman–Crippen LogP) is 2.14. The van der Waals surface area contributed by atoms with Crippen molar-refractivity contribution in [2.45, 2.75) is 32.8 Å². The molecular formula is C16H21ClN2O3. The van der Waals surface area contributed by atoms with Gasteiger partial charge in [-0.25, -0.2) is 0 Å². The molecule has 2 rings (SSSR count). The van der Waals surface area contributed by atoms with Crippen LogP contribution < -0.4 is 10.5 Å². The van der Waals surface area contributed by atoms with Crippen LogP contribution in [0.15, 0.2) is 18.2 Å². The Bertz CT molecular complexity index is 569. The zero-order valence-electron chi connectivity index (χ0n) is 12.8. The SMILES string of the molecule is Cc1ccc(Cl)c(OC(C)C(=O)N2CCC(C(N)=O)CC2)c1. The third-order valence-electron chi connectivity index (χ3n) is 3.95. The van der Waals surface area contributed by atoms with Gasteiger partial charge in [-0.1, -0.05) is 17.7 Å². The summed E-state index contributed by atoms with van der Waals surface area (Å²) in [4.78, 5) is 25.3. The number of hydrogen-bond acceptors (Lipinski definition) is 3. The fourth-order valence-electron chi connectivity index (χ4n) is 2.58. The number of piperidine rings is 1. The lowest BCUT2D eigenvalue weighted by Gasteiger charge is -2.32. The third-order valence-corrected chi connectivity index (χ3v) is 4.26. The van der Waals surface area contributed by atoms with Gasteiger partial charge in [0.2, 0.25) is 5.91 Å². The average Bonchev–Trinajstić information content (AvgIpc) is 2.50. The smallest absolute Gasteiger partial charge is 0.263 e. The van der Waals surface area contributed by atoms with E-state index in [9.17, 15) is 9.59 Å². The molecule has 0 bridgehead atoms. The second-order valence-corrected chi connectivity index (χ2v) is 6.10. The number of aryl methyl sites for hydroxylation is 1. The zero-order chi connectivity index (χ0) is 16.3. The summed E-state index contributed by atoms with van der Waals surface area (Å²) in [5.74, 6) is -0.00976. The molecule has 0 aliphatic carbocycles. The molecule has 1 unspecified atom stereocenters. The molecule has 1 fully saturated rings. The van der Waals surface area contributed by atoms with Crippen LogP contribution in [0.1, 0.15) is 25.3 Å². The summed E-state index contributed by atoms with van der Waals surface area (Å²) in [6.07, 6.45) is 0.599. The molecule has 2 N–H and O–H groups in total. The summed E-state index contributed by atoms with van der Waals surface area (Å²) in [5.41, 5.74) is 6.31. The molecule has 1 atom stereocenters. The first kappa shape index (κ1) is 16.6. The number of likely N-dealkylation sites (tertiary alicyclic amines) is 1. The fraction of sp³-hybridized carbons (Fsp3) is 0.500. The largest absolute Gasteiger partial charge is 0.479 e. The van der Waals surface area contributed by atoms with Gasteiger partial charge in [0, 0.05) is 19.0 Å². The minimum Gasteiger partial charge on any atom is -0.479 e. The number of ether oxygens (including phenoxy) is 1. The molecule has 5 nitrogen and oxygen atoms in total. The molecule has 1 aliphatic heterocycles. The molecule has 1 aromatic carbocycles. The molecule has 1 saturated heterocycles. The molecule has 2 amide bonds. The van der Waals surface area contributed by atoms with Crippen LogP contribution in [-0.2, 0) is 9.59 Å². The van der Waals surface area contributed by atoms with Gasteiger partial charge in [0.1, 0.15) is 5.75 Å². The van der Waals surface area contributed by atoms with Crippen LogP contribution in [-0.4, -0.2) is 35.9 Å². The van der Waals surface area contributed by atoms with E-state index in [4.69, 9.17) is 22.1 Å². The number of benzene rings is 1. The van der Waals surface area contributed by atoms with Gasteiger partial charge in [-0.15, -0.1) is 0 Å². The molecule has 6 heteroatoms. The first-order valence-corrected chi connectivity index (χ1v) is 7.77. The van der Waals surface area contributed by atoms with E-state index in [1.807, 2.05) is 19.1 Å². The quantitative estimate of drug-likeness (QED) is 0.922. The Labute approximate surface area is 135 Å². The Kier molecular flexibility index (Phi) is 5.29. The lowest BCUT2D eigenvalue weighted by molar-refractivity contribution is -0.140. The lowest BCUT2D eigenvalue weighted by Crippen LogP contribution is -2.46. The van der Waals surface area contributed by atoms with Crippen molar-refractivity contribution in [2.75, 3.05) is 13.1 Å². The number of carbonyl (C=O) groups is 2. The maximum Gasteiger partial charge on any atom is 0.263 e. The minimum absolute atomic E-state index is 0.0968. The molecule has 1 aromatic rings. The van der Waals surface area contributed by atoms with Gasteiger partial charge in [-0.2, -0.15) is 0 Å². The Hall–Kier alpha value is -1.75. The van der Waals surface area contributed by atoms with E-state index in [0.717, 1.165) is 5.56 Å². The molecular weight excluding hydrogens is 304 g/mol.